The highest BCUT2D eigenvalue weighted by Crippen LogP contribution is 2.39. The molecule has 0 N–H and O–H groups in total. The van der Waals surface area contributed by atoms with Crippen molar-refractivity contribution in [2.24, 2.45) is 0 Å². The van der Waals surface area contributed by atoms with Gasteiger partial charge in [-0.2, -0.15) is 0 Å². The van der Waals surface area contributed by atoms with E-state index in [0.717, 1.165) is 12.8 Å². The Balaban J connectivity index is 2.24. The summed E-state index contributed by atoms with van der Waals surface area (Å²) < 4.78 is -0.0818. The van der Waals surface area contributed by atoms with Crippen LogP contribution in [-0.2, 0) is 0 Å². The molecular weight excluding hydrogens is 296 g/mol. The quantitative estimate of drug-likeness (QED) is 0.675. The zero-order valence-corrected chi connectivity index (χ0v) is 12.2. The molecule has 0 aromatic heterocycles. The first-order valence-corrected chi connectivity index (χ1v) is 7.18. The Kier molecular flexibility index (Phi) is 4.11. The Bertz CT molecular complexity index is 435. The maximum absolute atomic E-state index is 6.47. The predicted molar refractivity (Wildman–Crippen MR) is 79.8 cm³/mol. The van der Waals surface area contributed by atoms with E-state index < -0.39 is 0 Å². The number of hydrogen-bond donors (Lipinski definition) is 0. The fourth-order valence-corrected chi connectivity index (χ4v) is 3.08. The van der Waals surface area contributed by atoms with Gasteiger partial charge in [0.2, 0.25) is 0 Å². The average Bonchev–Trinajstić information content (AvgIpc) is 2.34. The van der Waals surface area contributed by atoms with Crippen LogP contribution in [0.25, 0.3) is 5.57 Å². The lowest BCUT2D eigenvalue weighted by Gasteiger charge is -2.30. The predicted octanol–water partition coefficient (Wildman–Crippen LogP) is 5.18. The minimum absolute atomic E-state index is 0.00246. The summed E-state index contributed by atoms with van der Waals surface area (Å²) in [5.41, 5.74) is 2.43. The van der Waals surface area contributed by atoms with Crippen LogP contribution >= 0.6 is 27.5 Å². The van der Waals surface area contributed by atoms with Crippen LogP contribution < -0.4 is 0 Å². The normalized spacial score (nSPS) is 27.9. The Morgan fingerprint density at radius 2 is 2.00 bits per heavy atom. The van der Waals surface area contributed by atoms with Crippen LogP contribution in [0.1, 0.15) is 25.3 Å². The second-order valence-corrected chi connectivity index (χ2v) is 6.35. The van der Waals surface area contributed by atoms with Crippen molar-refractivity contribution in [1.82, 2.24) is 0 Å². The van der Waals surface area contributed by atoms with Crippen molar-refractivity contribution in [3.63, 3.8) is 0 Å². The molecular formula is C15H16BrCl. The standard InChI is InChI=1S/C15H16BrCl/c1-2-9-15(16)10-8-13(11-14(15)17)12-6-4-3-5-7-12/h3-8,10-11,14H,2,9H2,1H3. The van der Waals surface area contributed by atoms with Crippen molar-refractivity contribution >= 4 is 33.1 Å². The van der Waals surface area contributed by atoms with Gasteiger partial charge in [0.05, 0.1) is 9.70 Å². The summed E-state index contributed by atoms with van der Waals surface area (Å²) in [5, 5.41) is 0.00246. The van der Waals surface area contributed by atoms with Crippen molar-refractivity contribution < 1.29 is 0 Å². The second kappa shape index (κ2) is 5.41. The second-order valence-electron chi connectivity index (χ2n) is 4.40. The van der Waals surface area contributed by atoms with Crippen LogP contribution in [0.4, 0.5) is 0 Å². The monoisotopic (exact) mass is 310 g/mol. The molecule has 0 aliphatic heterocycles. The lowest BCUT2D eigenvalue weighted by Crippen LogP contribution is -2.30. The third-order valence-corrected chi connectivity index (χ3v) is 5.00. The summed E-state index contributed by atoms with van der Waals surface area (Å²) in [7, 11) is 0. The molecule has 1 aromatic carbocycles. The van der Waals surface area contributed by atoms with Gasteiger partial charge in [0, 0.05) is 0 Å². The van der Waals surface area contributed by atoms with Gasteiger partial charge >= 0.3 is 0 Å². The van der Waals surface area contributed by atoms with Crippen LogP contribution in [0.15, 0.2) is 48.6 Å². The highest BCUT2D eigenvalue weighted by atomic mass is 79.9. The van der Waals surface area contributed by atoms with E-state index in [1.165, 1.54) is 11.1 Å². The van der Waals surface area contributed by atoms with Crippen LogP contribution in [0.3, 0.4) is 0 Å². The van der Waals surface area contributed by atoms with Gasteiger partial charge in [-0.25, -0.2) is 0 Å². The summed E-state index contributed by atoms with van der Waals surface area (Å²) in [6, 6.07) is 10.4. The average molecular weight is 312 g/mol. The minimum Gasteiger partial charge on any atom is -0.117 e. The highest BCUT2D eigenvalue weighted by molar-refractivity contribution is 9.10. The van der Waals surface area contributed by atoms with Crippen molar-refractivity contribution in [3.05, 3.63) is 54.1 Å². The van der Waals surface area contributed by atoms with Crippen molar-refractivity contribution in [2.45, 2.75) is 29.5 Å². The molecule has 0 radical (unpaired) electrons. The first-order valence-electron chi connectivity index (χ1n) is 5.95. The van der Waals surface area contributed by atoms with E-state index in [1.807, 2.05) is 6.07 Å². The molecule has 0 fully saturated rings. The van der Waals surface area contributed by atoms with Crippen LogP contribution in [-0.4, -0.2) is 9.70 Å². The van der Waals surface area contributed by atoms with Crippen LogP contribution in [0.2, 0.25) is 0 Å². The number of rotatable bonds is 3. The Morgan fingerprint density at radius 1 is 1.29 bits per heavy atom. The lowest BCUT2D eigenvalue weighted by atomic mass is 9.90. The Hall–Kier alpha value is -0.530. The molecule has 2 heteroatoms. The zero-order valence-electron chi connectivity index (χ0n) is 9.87. The molecule has 0 nitrogen and oxygen atoms in total. The molecule has 0 heterocycles. The van der Waals surface area contributed by atoms with Gasteiger partial charge in [0.15, 0.2) is 0 Å². The van der Waals surface area contributed by atoms with E-state index in [2.05, 4.69) is 65.3 Å². The van der Waals surface area contributed by atoms with Gasteiger partial charge in [-0.1, -0.05) is 77.8 Å². The number of benzene rings is 1. The molecule has 0 saturated carbocycles. The number of halogens is 2. The van der Waals surface area contributed by atoms with E-state index in [9.17, 15) is 0 Å². The molecule has 0 amide bonds. The van der Waals surface area contributed by atoms with Crippen molar-refractivity contribution in [3.8, 4) is 0 Å². The van der Waals surface area contributed by atoms with Gasteiger partial charge in [-0.05, 0) is 17.6 Å². The first kappa shape index (κ1) is 12.9. The topological polar surface area (TPSA) is 0 Å². The van der Waals surface area contributed by atoms with Crippen molar-refractivity contribution in [2.75, 3.05) is 0 Å². The SMILES string of the molecule is CCCC1(Br)C=CC(c2ccccc2)=CC1Cl. The van der Waals surface area contributed by atoms with Gasteiger partial charge < -0.3 is 0 Å². The Morgan fingerprint density at radius 3 is 2.59 bits per heavy atom. The molecule has 0 bridgehead atoms. The summed E-state index contributed by atoms with van der Waals surface area (Å²) in [4.78, 5) is 0. The third kappa shape index (κ3) is 2.83. The largest absolute Gasteiger partial charge is 0.117 e. The fourth-order valence-electron chi connectivity index (χ4n) is 2.10. The van der Waals surface area contributed by atoms with Gasteiger partial charge in [-0.15, -0.1) is 11.6 Å². The summed E-state index contributed by atoms with van der Waals surface area (Å²) in [6.07, 6.45) is 8.67. The molecule has 90 valence electrons. The van der Waals surface area contributed by atoms with E-state index in [0.29, 0.717) is 0 Å². The molecule has 1 aliphatic carbocycles. The molecule has 2 unspecified atom stereocenters. The third-order valence-electron chi connectivity index (χ3n) is 3.06. The van der Waals surface area contributed by atoms with E-state index in [4.69, 9.17) is 11.6 Å². The van der Waals surface area contributed by atoms with Crippen molar-refractivity contribution in [1.29, 1.82) is 0 Å². The molecule has 0 spiro atoms. The van der Waals surface area contributed by atoms with Gasteiger partial charge in [-0.3, -0.25) is 0 Å². The van der Waals surface area contributed by atoms with Crippen LogP contribution in [0, 0.1) is 0 Å². The molecule has 0 saturated heterocycles. The minimum atomic E-state index is -0.0818. The first-order chi connectivity index (χ1) is 8.15. The molecule has 2 rings (SSSR count). The number of alkyl halides is 2. The van der Waals surface area contributed by atoms with E-state index >= 15 is 0 Å². The number of hydrogen-bond acceptors (Lipinski definition) is 0. The molecule has 2 atom stereocenters. The number of allylic oxidation sites excluding steroid dienone is 4. The highest BCUT2D eigenvalue weighted by Gasteiger charge is 2.32. The van der Waals surface area contributed by atoms with E-state index in [1.54, 1.807) is 0 Å². The Labute approximate surface area is 117 Å². The molecule has 1 aliphatic rings. The van der Waals surface area contributed by atoms with Gasteiger partial charge in [0.25, 0.3) is 0 Å². The maximum atomic E-state index is 6.47. The smallest absolute Gasteiger partial charge is 0.0713 e. The summed E-state index contributed by atoms with van der Waals surface area (Å²) in [6.45, 7) is 2.18. The van der Waals surface area contributed by atoms with Crippen LogP contribution in [0.5, 0.6) is 0 Å². The lowest BCUT2D eigenvalue weighted by molar-refractivity contribution is 0.651. The molecule has 1 aromatic rings. The molecule has 17 heavy (non-hydrogen) atoms. The maximum Gasteiger partial charge on any atom is 0.0713 e. The van der Waals surface area contributed by atoms with E-state index in [-0.39, 0.29) is 9.70 Å². The fraction of sp³-hybridized carbons (Fsp3) is 0.333. The van der Waals surface area contributed by atoms with Gasteiger partial charge in [0.1, 0.15) is 0 Å². The summed E-state index contributed by atoms with van der Waals surface area (Å²) >= 11 is 10.2. The zero-order chi connectivity index (χ0) is 12.3. The summed E-state index contributed by atoms with van der Waals surface area (Å²) in [5.74, 6) is 0.